The average Bonchev–Trinajstić information content (AvgIpc) is 3.44. The molecule has 1 saturated carbocycles. The Bertz CT molecular complexity index is 787. The van der Waals surface area contributed by atoms with Gasteiger partial charge in [-0.1, -0.05) is 23.8 Å². The van der Waals surface area contributed by atoms with Gasteiger partial charge in [0.1, 0.15) is 12.4 Å². The fraction of sp³-hybridized carbons (Fsp3) is 0.350. The van der Waals surface area contributed by atoms with Gasteiger partial charge in [0.05, 0.1) is 12.8 Å². The van der Waals surface area contributed by atoms with Crippen LogP contribution in [0, 0.1) is 13.8 Å². The minimum Gasteiger partial charge on any atom is -0.489 e. The SMILES string of the molecule is COC(=S)N(O)c1ccc(C2CC2)cc1COc1ccc(C)cc1C. The first-order chi connectivity index (χ1) is 12.0. The van der Waals surface area contributed by atoms with Gasteiger partial charge in [-0.25, -0.2) is 0 Å². The summed E-state index contributed by atoms with van der Waals surface area (Å²) in [7, 11) is 1.44. The molecular weight excluding hydrogens is 334 g/mol. The third kappa shape index (κ3) is 4.11. The van der Waals surface area contributed by atoms with Crippen molar-refractivity contribution in [3.05, 3.63) is 58.7 Å². The lowest BCUT2D eigenvalue weighted by Gasteiger charge is -2.21. The molecule has 0 bridgehead atoms. The number of nitrogens with zero attached hydrogens (tertiary/aromatic N) is 1. The maximum atomic E-state index is 10.3. The second-order valence-electron chi connectivity index (χ2n) is 6.50. The molecule has 0 spiro atoms. The van der Waals surface area contributed by atoms with Crippen LogP contribution in [0.2, 0.25) is 0 Å². The summed E-state index contributed by atoms with van der Waals surface area (Å²) >= 11 is 5.04. The first-order valence-electron chi connectivity index (χ1n) is 8.39. The minimum absolute atomic E-state index is 0.00642. The molecule has 5 heteroatoms. The molecule has 0 saturated heterocycles. The maximum absolute atomic E-state index is 10.3. The summed E-state index contributed by atoms with van der Waals surface area (Å²) in [6.45, 7) is 4.44. The Morgan fingerprint density at radius 1 is 1.20 bits per heavy atom. The number of aryl methyl sites for hydroxylation is 2. The summed E-state index contributed by atoms with van der Waals surface area (Å²) in [6, 6.07) is 12.1. The van der Waals surface area contributed by atoms with Crippen molar-refractivity contribution in [3.8, 4) is 5.75 Å². The summed E-state index contributed by atoms with van der Waals surface area (Å²) in [5.74, 6) is 1.46. The molecule has 2 aromatic rings. The van der Waals surface area contributed by atoms with E-state index in [0.29, 0.717) is 18.2 Å². The second-order valence-corrected chi connectivity index (χ2v) is 6.85. The zero-order chi connectivity index (χ0) is 18.0. The molecule has 1 fully saturated rings. The molecule has 0 unspecified atom stereocenters. The number of hydrogen-bond donors (Lipinski definition) is 1. The van der Waals surface area contributed by atoms with E-state index in [4.69, 9.17) is 21.7 Å². The van der Waals surface area contributed by atoms with Gasteiger partial charge < -0.3 is 9.47 Å². The van der Waals surface area contributed by atoms with Crippen LogP contribution in [0.3, 0.4) is 0 Å². The molecule has 1 aliphatic carbocycles. The zero-order valence-electron chi connectivity index (χ0n) is 14.8. The van der Waals surface area contributed by atoms with E-state index in [-0.39, 0.29) is 5.17 Å². The van der Waals surface area contributed by atoms with Crippen molar-refractivity contribution in [1.82, 2.24) is 0 Å². The summed E-state index contributed by atoms with van der Waals surface area (Å²) in [5.41, 5.74) is 5.04. The van der Waals surface area contributed by atoms with Crippen molar-refractivity contribution in [2.45, 2.75) is 39.2 Å². The molecule has 1 aliphatic rings. The summed E-state index contributed by atoms with van der Waals surface area (Å²) in [4.78, 5) is 0. The molecule has 0 amide bonds. The van der Waals surface area contributed by atoms with Crippen molar-refractivity contribution in [1.29, 1.82) is 0 Å². The lowest BCUT2D eigenvalue weighted by molar-refractivity contribution is 0.264. The maximum Gasteiger partial charge on any atom is 0.288 e. The van der Waals surface area contributed by atoms with Crippen molar-refractivity contribution < 1.29 is 14.7 Å². The molecule has 1 N–H and O–H groups in total. The molecule has 0 aliphatic heterocycles. The number of hydroxylamine groups is 1. The largest absolute Gasteiger partial charge is 0.489 e. The third-order valence-electron chi connectivity index (χ3n) is 4.44. The van der Waals surface area contributed by atoms with E-state index in [9.17, 15) is 5.21 Å². The van der Waals surface area contributed by atoms with Gasteiger partial charge in [0.2, 0.25) is 0 Å². The highest BCUT2D eigenvalue weighted by Crippen LogP contribution is 2.41. The number of anilines is 1. The Morgan fingerprint density at radius 3 is 2.60 bits per heavy atom. The molecular formula is C20H23NO3S. The fourth-order valence-electron chi connectivity index (χ4n) is 2.90. The van der Waals surface area contributed by atoms with Crippen LogP contribution in [0.25, 0.3) is 0 Å². The molecule has 3 rings (SSSR count). The predicted octanol–water partition coefficient (Wildman–Crippen LogP) is 4.89. The number of ether oxygens (including phenoxy) is 2. The number of hydrogen-bond acceptors (Lipinski definition) is 4. The standard InChI is InChI=1S/C20H23NO3S/c1-13-4-9-19(14(2)10-13)24-12-17-11-16(15-5-6-15)7-8-18(17)21(22)20(25)23-3/h4,7-11,15,22H,5-6,12H2,1-3H3. The molecule has 132 valence electrons. The molecule has 0 atom stereocenters. The normalized spacial score (nSPS) is 13.4. The van der Waals surface area contributed by atoms with E-state index in [1.807, 2.05) is 31.2 Å². The van der Waals surface area contributed by atoms with E-state index in [1.165, 1.54) is 31.1 Å². The molecule has 0 aromatic heterocycles. The van der Waals surface area contributed by atoms with Gasteiger partial charge in [-0.05, 0) is 74.2 Å². The van der Waals surface area contributed by atoms with E-state index in [1.54, 1.807) is 0 Å². The van der Waals surface area contributed by atoms with Crippen molar-refractivity contribution >= 4 is 23.1 Å². The number of thiocarbonyl (C=S) groups is 1. The van der Waals surface area contributed by atoms with Gasteiger partial charge in [0.25, 0.3) is 5.17 Å². The summed E-state index contributed by atoms with van der Waals surface area (Å²) < 4.78 is 11.0. The Hall–Kier alpha value is -2.11. The van der Waals surface area contributed by atoms with E-state index < -0.39 is 0 Å². The summed E-state index contributed by atoms with van der Waals surface area (Å²) in [5, 5.41) is 11.2. The topological polar surface area (TPSA) is 41.9 Å². The quantitative estimate of drug-likeness (QED) is 0.610. The fourth-order valence-corrected chi connectivity index (χ4v) is 3.00. The van der Waals surface area contributed by atoms with Gasteiger partial charge in [-0.2, -0.15) is 5.06 Å². The number of benzene rings is 2. The Balaban J connectivity index is 1.86. The smallest absolute Gasteiger partial charge is 0.288 e. The van der Waals surface area contributed by atoms with Crippen LogP contribution in [-0.2, 0) is 11.3 Å². The van der Waals surface area contributed by atoms with E-state index in [2.05, 4.69) is 19.1 Å². The van der Waals surface area contributed by atoms with Crippen molar-refractivity contribution in [2.24, 2.45) is 0 Å². The Labute approximate surface area is 153 Å². The highest BCUT2D eigenvalue weighted by Gasteiger charge is 2.25. The third-order valence-corrected chi connectivity index (χ3v) is 4.78. The molecule has 0 heterocycles. The molecule has 2 aromatic carbocycles. The average molecular weight is 357 g/mol. The van der Waals surface area contributed by atoms with Gasteiger partial charge >= 0.3 is 0 Å². The molecule has 0 radical (unpaired) electrons. The Kier molecular flexibility index (Phi) is 5.25. The summed E-state index contributed by atoms with van der Waals surface area (Å²) in [6.07, 6.45) is 2.44. The van der Waals surface area contributed by atoms with Gasteiger partial charge in [0, 0.05) is 5.56 Å². The zero-order valence-corrected chi connectivity index (χ0v) is 15.6. The van der Waals surface area contributed by atoms with Crippen molar-refractivity contribution in [3.63, 3.8) is 0 Å². The van der Waals surface area contributed by atoms with E-state index in [0.717, 1.165) is 21.9 Å². The van der Waals surface area contributed by atoms with Crippen LogP contribution < -0.4 is 9.80 Å². The van der Waals surface area contributed by atoms with Crippen LogP contribution in [0.4, 0.5) is 5.69 Å². The van der Waals surface area contributed by atoms with Gasteiger partial charge in [-0.3, -0.25) is 5.21 Å². The van der Waals surface area contributed by atoms with E-state index >= 15 is 0 Å². The Morgan fingerprint density at radius 2 is 1.96 bits per heavy atom. The number of methoxy groups -OCH3 is 1. The number of rotatable bonds is 5. The predicted molar refractivity (Wildman–Crippen MR) is 103 cm³/mol. The lowest BCUT2D eigenvalue weighted by atomic mass is 10.1. The first kappa shape index (κ1) is 17.7. The van der Waals surface area contributed by atoms with Crippen LogP contribution in [0.15, 0.2) is 36.4 Å². The van der Waals surface area contributed by atoms with Crippen LogP contribution in [0.5, 0.6) is 5.75 Å². The second kappa shape index (κ2) is 7.42. The lowest BCUT2D eigenvalue weighted by Crippen LogP contribution is -2.27. The van der Waals surface area contributed by atoms with Crippen LogP contribution >= 0.6 is 12.2 Å². The van der Waals surface area contributed by atoms with Crippen LogP contribution in [-0.4, -0.2) is 17.5 Å². The minimum atomic E-state index is 0.00642. The highest BCUT2D eigenvalue weighted by molar-refractivity contribution is 7.80. The molecule has 4 nitrogen and oxygen atoms in total. The van der Waals surface area contributed by atoms with Gasteiger partial charge in [0.15, 0.2) is 0 Å². The molecule has 25 heavy (non-hydrogen) atoms. The van der Waals surface area contributed by atoms with Gasteiger partial charge in [-0.15, -0.1) is 0 Å². The monoisotopic (exact) mass is 357 g/mol. The van der Waals surface area contributed by atoms with Crippen LogP contribution in [0.1, 0.15) is 41.0 Å². The highest BCUT2D eigenvalue weighted by atomic mass is 32.1. The van der Waals surface area contributed by atoms with Crippen molar-refractivity contribution in [2.75, 3.05) is 12.2 Å². The first-order valence-corrected chi connectivity index (χ1v) is 8.80.